The monoisotopic (exact) mass is 551 g/mol. The van der Waals surface area contributed by atoms with Crippen molar-refractivity contribution in [3.63, 3.8) is 0 Å². The van der Waals surface area contributed by atoms with Crippen molar-refractivity contribution in [1.82, 2.24) is 9.80 Å². The molecule has 1 fully saturated rings. The van der Waals surface area contributed by atoms with Gasteiger partial charge in [-0.15, -0.1) is 0 Å². The molecule has 6 rings (SSSR count). The van der Waals surface area contributed by atoms with Crippen LogP contribution in [-0.2, 0) is 16.4 Å². The maximum Gasteiger partial charge on any atom is 0.264 e. The van der Waals surface area contributed by atoms with Gasteiger partial charge in [0.05, 0.1) is 16.6 Å². The fraction of sp³-hybridized carbons (Fsp3) is 0.242. The zero-order valence-electron chi connectivity index (χ0n) is 22.6. The van der Waals surface area contributed by atoms with Gasteiger partial charge >= 0.3 is 0 Å². The highest BCUT2D eigenvalue weighted by atomic mass is 32.2. The maximum absolute atomic E-state index is 13.6. The molecule has 2 heterocycles. The molecule has 204 valence electrons. The van der Waals surface area contributed by atoms with E-state index in [1.165, 1.54) is 15.4 Å². The fourth-order valence-electron chi connectivity index (χ4n) is 6.06. The molecule has 7 heteroatoms. The molecule has 0 spiro atoms. The molecule has 0 radical (unpaired) electrons. The lowest BCUT2D eigenvalue weighted by atomic mass is 9.96. The second-order valence-electron chi connectivity index (χ2n) is 10.6. The maximum atomic E-state index is 13.6. The van der Waals surface area contributed by atoms with Crippen LogP contribution in [0.4, 0.5) is 5.69 Å². The Hall–Kier alpha value is -3.94. The number of nitrogens with zero attached hydrogens (tertiary/aromatic N) is 3. The number of benzene rings is 4. The number of hydrogen-bond donors (Lipinski definition) is 0. The molecular weight excluding hydrogens is 518 g/mol. The van der Waals surface area contributed by atoms with E-state index in [-0.39, 0.29) is 22.9 Å². The van der Waals surface area contributed by atoms with Gasteiger partial charge in [-0.25, -0.2) is 8.42 Å². The molecule has 0 bridgehead atoms. The molecule has 1 amide bonds. The summed E-state index contributed by atoms with van der Waals surface area (Å²) in [5.74, 6) is -0.00422. The van der Waals surface area contributed by atoms with Crippen LogP contribution in [0.3, 0.4) is 0 Å². The lowest BCUT2D eigenvalue weighted by molar-refractivity contribution is 0.0597. The largest absolute Gasteiger partial charge is 0.336 e. The Morgan fingerprint density at radius 3 is 1.88 bits per heavy atom. The highest BCUT2D eigenvalue weighted by molar-refractivity contribution is 7.92. The van der Waals surface area contributed by atoms with Crippen LogP contribution in [0.15, 0.2) is 114 Å². The summed E-state index contributed by atoms with van der Waals surface area (Å²) in [5.41, 5.74) is 4.66. The highest BCUT2D eigenvalue weighted by Gasteiger charge is 2.37. The van der Waals surface area contributed by atoms with Crippen molar-refractivity contribution >= 4 is 21.6 Å². The first-order valence-electron chi connectivity index (χ1n) is 13.8. The van der Waals surface area contributed by atoms with Crippen LogP contribution < -0.4 is 4.31 Å². The standard InChI is InChI=1S/C33H33N3O3S/c1-25-23-29-24-28(17-18-31(29)36(25)40(38,39)30-15-9-4-10-16-30)33(37)35-21-19-34(20-22-35)32(26-11-5-2-6-12-26)27-13-7-3-8-14-27/h2-18,24-25,32H,19-23H2,1H3/t25-/m0/s1. The van der Waals surface area contributed by atoms with E-state index in [1.807, 2.05) is 36.1 Å². The van der Waals surface area contributed by atoms with Crippen molar-refractivity contribution in [2.75, 3.05) is 30.5 Å². The normalized spacial score (nSPS) is 17.7. The van der Waals surface area contributed by atoms with Gasteiger partial charge in [0, 0.05) is 37.8 Å². The smallest absolute Gasteiger partial charge is 0.264 e. The third-order valence-electron chi connectivity index (χ3n) is 7.98. The lowest BCUT2D eigenvalue weighted by Gasteiger charge is -2.40. The zero-order chi connectivity index (χ0) is 27.7. The van der Waals surface area contributed by atoms with Gasteiger partial charge in [-0.1, -0.05) is 78.9 Å². The SMILES string of the molecule is C[C@H]1Cc2cc(C(=O)N3CCN(C(c4ccccc4)c4ccccc4)CC3)ccc2N1S(=O)(=O)c1ccccc1. The molecule has 2 aliphatic heterocycles. The molecule has 2 aliphatic rings. The van der Waals surface area contributed by atoms with Crippen LogP contribution in [0.5, 0.6) is 0 Å². The molecule has 0 unspecified atom stereocenters. The first-order valence-corrected chi connectivity index (χ1v) is 15.2. The predicted molar refractivity (Wildman–Crippen MR) is 158 cm³/mol. The molecule has 4 aromatic carbocycles. The summed E-state index contributed by atoms with van der Waals surface area (Å²) < 4.78 is 28.3. The van der Waals surface area contributed by atoms with Gasteiger partial charge in [0.15, 0.2) is 0 Å². The number of carbonyl (C=O) groups is 1. The Labute approximate surface area is 236 Å². The predicted octanol–water partition coefficient (Wildman–Crippen LogP) is 5.37. The molecule has 0 aromatic heterocycles. The van der Waals surface area contributed by atoms with Crippen LogP contribution in [0.25, 0.3) is 0 Å². The van der Waals surface area contributed by atoms with Crippen LogP contribution in [0, 0.1) is 0 Å². The zero-order valence-corrected chi connectivity index (χ0v) is 23.4. The van der Waals surface area contributed by atoms with E-state index < -0.39 is 10.0 Å². The minimum Gasteiger partial charge on any atom is -0.336 e. The van der Waals surface area contributed by atoms with Crippen molar-refractivity contribution in [2.24, 2.45) is 0 Å². The molecule has 4 aromatic rings. The second kappa shape index (κ2) is 10.9. The Morgan fingerprint density at radius 1 is 0.750 bits per heavy atom. The van der Waals surface area contributed by atoms with Crippen molar-refractivity contribution in [2.45, 2.75) is 30.3 Å². The minimum atomic E-state index is -3.68. The molecule has 0 N–H and O–H groups in total. The summed E-state index contributed by atoms with van der Waals surface area (Å²) in [7, 11) is -3.68. The summed E-state index contributed by atoms with van der Waals surface area (Å²) >= 11 is 0. The average Bonchev–Trinajstić information content (AvgIpc) is 3.34. The van der Waals surface area contributed by atoms with Crippen LogP contribution in [0.1, 0.15) is 40.0 Å². The molecule has 1 atom stereocenters. The Morgan fingerprint density at radius 2 is 1.30 bits per heavy atom. The minimum absolute atomic E-state index is 0.00422. The number of hydrogen-bond acceptors (Lipinski definition) is 4. The van der Waals surface area contributed by atoms with E-state index in [4.69, 9.17) is 0 Å². The van der Waals surface area contributed by atoms with E-state index in [1.54, 1.807) is 36.4 Å². The van der Waals surface area contributed by atoms with E-state index in [9.17, 15) is 13.2 Å². The molecule has 6 nitrogen and oxygen atoms in total. The Bertz CT molecular complexity index is 1550. The first kappa shape index (κ1) is 26.3. The number of piperazine rings is 1. The summed E-state index contributed by atoms with van der Waals surface area (Å²) in [4.78, 5) is 18.2. The van der Waals surface area contributed by atoms with Gasteiger partial charge in [0.1, 0.15) is 0 Å². The van der Waals surface area contributed by atoms with Gasteiger partial charge < -0.3 is 4.90 Å². The number of carbonyl (C=O) groups excluding carboxylic acids is 1. The van der Waals surface area contributed by atoms with Crippen LogP contribution in [-0.4, -0.2) is 56.3 Å². The number of anilines is 1. The molecule has 40 heavy (non-hydrogen) atoms. The van der Waals surface area contributed by atoms with Gasteiger partial charge in [0.25, 0.3) is 15.9 Å². The quantitative estimate of drug-likeness (QED) is 0.323. The van der Waals surface area contributed by atoms with Crippen molar-refractivity contribution < 1.29 is 13.2 Å². The topological polar surface area (TPSA) is 60.9 Å². The summed E-state index contributed by atoms with van der Waals surface area (Å²) in [6.45, 7) is 4.72. The molecule has 0 aliphatic carbocycles. The first-order chi connectivity index (χ1) is 19.4. The van der Waals surface area contributed by atoms with Crippen LogP contribution >= 0.6 is 0 Å². The molecule has 0 saturated carbocycles. The van der Waals surface area contributed by atoms with Crippen molar-refractivity contribution in [3.05, 3.63) is 131 Å². The Kier molecular flexibility index (Phi) is 7.17. The molecular formula is C33H33N3O3S. The van der Waals surface area contributed by atoms with E-state index in [2.05, 4.69) is 53.4 Å². The van der Waals surface area contributed by atoms with Gasteiger partial charge in [-0.2, -0.15) is 0 Å². The number of rotatable bonds is 6. The third kappa shape index (κ3) is 4.91. The van der Waals surface area contributed by atoms with Gasteiger partial charge in [0.2, 0.25) is 0 Å². The number of amides is 1. The third-order valence-corrected chi connectivity index (χ3v) is 9.92. The van der Waals surface area contributed by atoms with E-state index >= 15 is 0 Å². The van der Waals surface area contributed by atoms with Gasteiger partial charge in [-0.3, -0.25) is 14.0 Å². The average molecular weight is 552 g/mol. The summed E-state index contributed by atoms with van der Waals surface area (Å²) in [6, 6.07) is 34.9. The number of fused-ring (bicyclic) bond motifs is 1. The van der Waals surface area contributed by atoms with E-state index in [0.29, 0.717) is 30.8 Å². The second-order valence-corrected chi connectivity index (χ2v) is 12.4. The van der Waals surface area contributed by atoms with Crippen molar-refractivity contribution in [1.29, 1.82) is 0 Å². The Balaban J connectivity index is 1.19. The van der Waals surface area contributed by atoms with Crippen LogP contribution in [0.2, 0.25) is 0 Å². The van der Waals surface area contributed by atoms with Gasteiger partial charge in [-0.05, 0) is 60.4 Å². The fourth-order valence-corrected chi connectivity index (χ4v) is 7.77. The molecule has 1 saturated heterocycles. The number of sulfonamides is 1. The summed E-state index contributed by atoms with van der Waals surface area (Å²) in [6.07, 6.45) is 0.576. The van der Waals surface area contributed by atoms with E-state index in [0.717, 1.165) is 18.7 Å². The highest BCUT2D eigenvalue weighted by Crippen LogP contribution is 2.37. The lowest BCUT2D eigenvalue weighted by Crippen LogP contribution is -2.49. The van der Waals surface area contributed by atoms with Crippen molar-refractivity contribution in [3.8, 4) is 0 Å². The summed E-state index contributed by atoms with van der Waals surface area (Å²) in [5, 5.41) is 0.